The first kappa shape index (κ1) is 15.4. The zero-order chi connectivity index (χ0) is 10.9. The average Bonchev–Trinajstić information content (AvgIpc) is 2.02. The maximum atomic E-state index is 13.0. The van der Waals surface area contributed by atoms with Crippen LogP contribution in [0, 0.1) is 17.1 Å². The van der Waals surface area contributed by atoms with Gasteiger partial charge in [-0.05, 0) is 6.07 Å². The molecule has 0 saturated carbocycles. The Bertz CT molecular complexity index is 415. The topological polar surface area (TPSA) is 23.8 Å². The van der Waals surface area contributed by atoms with Crippen LogP contribution < -0.4 is 56.8 Å². The maximum Gasteiger partial charge on any atom is 1.00 e. The third-order valence-electron chi connectivity index (χ3n) is 1.59. The van der Waals surface area contributed by atoms with E-state index in [-0.39, 0.29) is 56.4 Å². The van der Waals surface area contributed by atoms with Crippen molar-refractivity contribution in [3.8, 4) is 6.07 Å². The van der Waals surface area contributed by atoms with E-state index >= 15 is 0 Å². The number of hydrogen-bond acceptors (Lipinski definition) is 1. The van der Waals surface area contributed by atoms with E-state index in [1.807, 2.05) is 0 Å². The van der Waals surface area contributed by atoms with E-state index in [9.17, 15) is 17.3 Å². The van der Waals surface area contributed by atoms with Gasteiger partial charge in [-0.1, -0.05) is 23.1 Å². The molecule has 0 N–H and O–H groups in total. The molecule has 0 fully saturated rings. The SMILES string of the molecule is N#Cc1c(Cl)ccc([B-](F)(F)F)c1F.[K+]. The Labute approximate surface area is 131 Å². The third kappa shape index (κ3) is 3.44. The van der Waals surface area contributed by atoms with Gasteiger partial charge in [-0.15, -0.1) is 0 Å². The molecule has 0 aliphatic carbocycles. The zero-order valence-corrected chi connectivity index (χ0v) is 11.4. The van der Waals surface area contributed by atoms with Crippen molar-refractivity contribution in [2.45, 2.75) is 0 Å². The first-order chi connectivity index (χ1) is 6.38. The van der Waals surface area contributed by atoms with Crippen molar-refractivity contribution >= 4 is 24.0 Å². The van der Waals surface area contributed by atoms with Crippen molar-refractivity contribution < 1.29 is 68.7 Å². The summed E-state index contributed by atoms with van der Waals surface area (Å²) in [6.07, 6.45) is 0. The number of nitrogens with zero attached hydrogens (tertiary/aromatic N) is 1. The van der Waals surface area contributed by atoms with Gasteiger partial charge in [0.15, 0.2) is 0 Å². The van der Waals surface area contributed by atoms with E-state index in [4.69, 9.17) is 16.9 Å². The maximum absolute atomic E-state index is 13.0. The quantitative estimate of drug-likeness (QED) is 0.490. The number of rotatable bonds is 1. The fourth-order valence-electron chi connectivity index (χ4n) is 0.924. The molecule has 15 heavy (non-hydrogen) atoms. The Balaban J connectivity index is 0.00000196. The van der Waals surface area contributed by atoms with E-state index in [2.05, 4.69) is 0 Å². The summed E-state index contributed by atoms with van der Waals surface area (Å²) in [6, 6.07) is 2.66. The van der Waals surface area contributed by atoms with Gasteiger partial charge in [0.1, 0.15) is 17.4 Å². The van der Waals surface area contributed by atoms with Gasteiger partial charge in [-0.2, -0.15) is 5.26 Å². The van der Waals surface area contributed by atoms with Crippen LogP contribution in [0.1, 0.15) is 5.56 Å². The van der Waals surface area contributed by atoms with Crippen LogP contribution in [-0.4, -0.2) is 6.98 Å². The molecule has 1 rings (SSSR count). The van der Waals surface area contributed by atoms with Crippen LogP contribution in [0.5, 0.6) is 0 Å². The first-order valence-electron chi connectivity index (χ1n) is 3.46. The molecule has 74 valence electrons. The molecule has 1 aromatic carbocycles. The van der Waals surface area contributed by atoms with Crippen LogP contribution in [-0.2, 0) is 0 Å². The number of benzene rings is 1. The summed E-state index contributed by atoms with van der Waals surface area (Å²) in [5.74, 6) is -1.60. The summed E-state index contributed by atoms with van der Waals surface area (Å²) < 4.78 is 49.5. The van der Waals surface area contributed by atoms with Crippen molar-refractivity contribution in [1.82, 2.24) is 0 Å². The molecule has 0 aliphatic rings. The second kappa shape index (κ2) is 5.66. The Morgan fingerprint density at radius 3 is 2.20 bits per heavy atom. The second-order valence-electron chi connectivity index (χ2n) is 2.51. The van der Waals surface area contributed by atoms with Crippen LogP contribution >= 0.6 is 11.6 Å². The molecule has 0 amide bonds. The normalized spacial score (nSPS) is 10.4. The van der Waals surface area contributed by atoms with Crippen LogP contribution in [0.15, 0.2) is 12.1 Å². The van der Waals surface area contributed by atoms with Crippen molar-refractivity contribution in [2.75, 3.05) is 0 Å². The summed E-state index contributed by atoms with van der Waals surface area (Å²) in [5.41, 5.74) is -2.20. The summed E-state index contributed by atoms with van der Waals surface area (Å²) in [5, 5.41) is 8.03. The minimum atomic E-state index is -5.46. The van der Waals surface area contributed by atoms with Crippen molar-refractivity contribution in [1.29, 1.82) is 5.26 Å². The molecule has 0 unspecified atom stereocenters. The summed E-state index contributed by atoms with van der Waals surface area (Å²) in [4.78, 5) is 0. The van der Waals surface area contributed by atoms with E-state index < -0.39 is 23.8 Å². The largest absolute Gasteiger partial charge is 1.00 e. The molecule has 0 bridgehead atoms. The van der Waals surface area contributed by atoms with E-state index in [0.29, 0.717) is 6.07 Å². The molecule has 0 saturated heterocycles. The Morgan fingerprint density at radius 1 is 1.27 bits per heavy atom. The van der Waals surface area contributed by atoms with Crippen molar-refractivity contribution in [3.63, 3.8) is 0 Å². The van der Waals surface area contributed by atoms with Gasteiger partial charge in [0.2, 0.25) is 0 Å². The molecule has 0 heterocycles. The van der Waals surface area contributed by atoms with Crippen LogP contribution in [0.2, 0.25) is 5.02 Å². The fraction of sp³-hybridized carbons (Fsp3) is 0. The first-order valence-corrected chi connectivity index (χ1v) is 3.83. The molecule has 0 aromatic heterocycles. The van der Waals surface area contributed by atoms with Gasteiger partial charge < -0.3 is 12.9 Å². The van der Waals surface area contributed by atoms with Crippen LogP contribution in [0.3, 0.4) is 0 Å². The fourth-order valence-corrected chi connectivity index (χ4v) is 1.11. The summed E-state index contributed by atoms with van der Waals surface area (Å²) in [7, 11) is 0. The van der Waals surface area contributed by atoms with Crippen molar-refractivity contribution in [2.24, 2.45) is 0 Å². The number of halogens is 5. The minimum absolute atomic E-state index is 0. The van der Waals surface area contributed by atoms with E-state index in [1.54, 1.807) is 0 Å². The Hall–Kier alpha value is 0.421. The molecule has 0 spiro atoms. The second-order valence-corrected chi connectivity index (χ2v) is 2.92. The molecule has 1 nitrogen and oxygen atoms in total. The van der Waals surface area contributed by atoms with Gasteiger partial charge in [0.25, 0.3) is 0 Å². The van der Waals surface area contributed by atoms with Gasteiger partial charge >= 0.3 is 58.4 Å². The van der Waals surface area contributed by atoms with Crippen LogP contribution in [0.4, 0.5) is 17.3 Å². The summed E-state index contributed by atoms with van der Waals surface area (Å²) >= 11 is 5.33. The van der Waals surface area contributed by atoms with E-state index in [1.165, 1.54) is 6.07 Å². The van der Waals surface area contributed by atoms with Crippen LogP contribution in [0.25, 0.3) is 0 Å². The molecule has 0 aliphatic heterocycles. The standard InChI is InChI=1S/C7H2BClF4N.K/c9-6-2-1-5(8(11,12)13)7(10)4(6)3-14;/h1-2H;/q-1;+1. The average molecular weight is 261 g/mol. The predicted molar refractivity (Wildman–Crippen MR) is 44.8 cm³/mol. The van der Waals surface area contributed by atoms with Gasteiger partial charge in [-0.3, -0.25) is 0 Å². The molecule has 1 aromatic rings. The van der Waals surface area contributed by atoms with Gasteiger partial charge in [0, 0.05) is 0 Å². The molecule has 0 radical (unpaired) electrons. The van der Waals surface area contributed by atoms with Gasteiger partial charge in [-0.25, -0.2) is 4.39 Å². The Morgan fingerprint density at radius 2 is 1.80 bits per heavy atom. The molecular weight excluding hydrogens is 259 g/mol. The molecular formula is C7H2BClF4KN. The van der Waals surface area contributed by atoms with E-state index in [0.717, 1.165) is 6.07 Å². The summed E-state index contributed by atoms with van der Waals surface area (Å²) in [6.45, 7) is -5.46. The third-order valence-corrected chi connectivity index (χ3v) is 1.90. The minimum Gasteiger partial charge on any atom is -0.445 e. The monoisotopic (exact) mass is 261 g/mol. The predicted octanol–water partition coefficient (Wildman–Crippen LogP) is -0.591. The number of hydrogen-bond donors (Lipinski definition) is 0. The number of nitriles is 1. The molecule has 0 atom stereocenters. The molecule has 8 heteroatoms. The van der Waals surface area contributed by atoms with Crippen molar-refractivity contribution in [3.05, 3.63) is 28.5 Å². The smallest absolute Gasteiger partial charge is 0.445 e. The zero-order valence-electron chi connectivity index (χ0n) is 7.57. The Kier molecular flexibility index (Phi) is 5.82. The van der Waals surface area contributed by atoms with Gasteiger partial charge in [0.05, 0.1) is 5.02 Å².